The molecule has 0 radical (unpaired) electrons. The molecule has 37 heavy (non-hydrogen) atoms. The maximum Gasteiger partial charge on any atom is 0.268 e. The highest BCUT2D eigenvalue weighted by Gasteiger charge is 2.29. The number of hydrogen-bond donors (Lipinski definition) is 0. The normalized spacial score (nSPS) is 17.9. The molecule has 1 fully saturated rings. The molecule has 0 aliphatic carbocycles. The van der Waals surface area contributed by atoms with Crippen LogP contribution in [-0.4, -0.2) is 70.8 Å². The Balaban J connectivity index is 1.78. The van der Waals surface area contributed by atoms with Gasteiger partial charge in [-0.15, -0.1) is 0 Å². The van der Waals surface area contributed by atoms with Gasteiger partial charge in [0.25, 0.3) is 7.82 Å². The first kappa shape index (κ1) is 34.8. The maximum atomic E-state index is 12.0. The second-order valence-corrected chi connectivity index (χ2v) is 12.5. The fourth-order valence-corrected chi connectivity index (χ4v) is 5.48. The molecule has 0 aromatic carbocycles. The molecule has 1 rings (SSSR count). The van der Waals surface area contributed by atoms with Gasteiger partial charge >= 0.3 is 0 Å². The predicted octanol–water partition coefficient (Wildman–Crippen LogP) is 6.80. The lowest BCUT2D eigenvalue weighted by Gasteiger charge is -2.38. The number of hydrogen-bond acceptors (Lipinski definition) is 6. The van der Waals surface area contributed by atoms with Crippen molar-refractivity contribution >= 4 is 7.82 Å². The third-order valence-electron chi connectivity index (χ3n) is 7.04. The van der Waals surface area contributed by atoms with Gasteiger partial charge in [0.05, 0.1) is 59.7 Å². The number of unbranched alkanes of at least 4 members (excludes halogenated alkanes) is 12. The molecule has 0 bridgehead atoms. The highest BCUT2D eigenvalue weighted by molar-refractivity contribution is 7.45. The van der Waals surface area contributed by atoms with Crippen molar-refractivity contribution in [2.75, 3.05) is 60.2 Å². The summed E-state index contributed by atoms with van der Waals surface area (Å²) in [4.78, 5) is 12.0. The third kappa shape index (κ3) is 22.3. The van der Waals surface area contributed by atoms with Crippen LogP contribution in [0.3, 0.4) is 0 Å². The number of likely N-dealkylation sites (tertiary alicyclic amines) is 1. The Morgan fingerprint density at radius 2 is 1.22 bits per heavy atom. The second kappa shape index (κ2) is 22.5. The quantitative estimate of drug-likeness (QED) is 0.0542. The van der Waals surface area contributed by atoms with Gasteiger partial charge in [0, 0.05) is 19.4 Å². The molecule has 1 saturated heterocycles. The number of nitrogens with zero attached hydrogens (tertiary/aromatic N) is 1. The van der Waals surface area contributed by atoms with Crippen LogP contribution in [0.4, 0.5) is 0 Å². The van der Waals surface area contributed by atoms with E-state index < -0.39 is 7.82 Å². The number of allylic oxidation sites excluding steroid dienone is 2. The van der Waals surface area contributed by atoms with E-state index in [2.05, 4.69) is 33.2 Å². The molecule has 0 saturated carbocycles. The first-order chi connectivity index (χ1) is 17.8. The third-order valence-corrected chi connectivity index (χ3v) is 8.10. The Morgan fingerprint density at radius 3 is 1.81 bits per heavy atom. The number of quaternary nitrogens is 1. The van der Waals surface area contributed by atoms with Crippen molar-refractivity contribution in [3.63, 3.8) is 0 Å². The molecule has 0 aromatic heterocycles. The van der Waals surface area contributed by atoms with Crippen LogP contribution in [0.1, 0.15) is 110 Å². The minimum atomic E-state index is -4.27. The summed E-state index contributed by atoms with van der Waals surface area (Å²) in [6.07, 6.45) is 24.2. The molecular weight excluding hydrogens is 489 g/mol. The van der Waals surface area contributed by atoms with Gasteiger partial charge in [0.15, 0.2) is 0 Å². The van der Waals surface area contributed by atoms with E-state index in [0.717, 1.165) is 43.4 Å². The summed E-state index contributed by atoms with van der Waals surface area (Å²) in [5, 5.41) is 0. The van der Waals surface area contributed by atoms with Crippen molar-refractivity contribution in [1.29, 1.82) is 0 Å². The molecule has 1 unspecified atom stereocenters. The van der Waals surface area contributed by atoms with E-state index in [-0.39, 0.29) is 19.3 Å². The summed E-state index contributed by atoms with van der Waals surface area (Å²) in [5.41, 5.74) is 0. The number of ether oxygens (including phenoxy) is 2. The zero-order chi connectivity index (χ0) is 27.1. The van der Waals surface area contributed by atoms with Crippen LogP contribution in [0.2, 0.25) is 0 Å². The molecule has 0 N–H and O–H groups in total. The van der Waals surface area contributed by atoms with Gasteiger partial charge in [0.2, 0.25) is 0 Å². The van der Waals surface area contributed by atoms with Gasteiger partial charge in [-0.2, -0.15) is 0 Å². The average Bonchev–Trinajstić information content (AvgIpc) is 2.85. The zero-order valence-corrected chi connectivity index (χ0v) is 25.2. The average molecular weight is 548 g/mol. The van der Waals surface area contributed by atoms with E-state index in [9.17, 15) is 9.46 Å². The monoisotopic (exact) mass is 547 g/mol. The van der Waals surface area contributed by atoms with Crippen molar-refractivity contribution in [1.82, 2.24) is 0 Å². The van der Waals surface area contributed by atoms with Crippen LogP contribution in [0, 0.1) is 0 Å². The van der Waals surface area contributed by atoms with Crippen LogP contribution >= 0.6 is 7.82 Å². The van der Waals surface area contributed by atoms with E-state index in [4.69, 9.17) is 18.5 Å². The second-order valence-electron chi connectivity index (χ2n) is 11.1. The smallest absolute Gasteiger partial charge is 0.268 e. The standard InChI is InChI=1S/C29H58NO6P/c1-4-5-6-7-8-9-10-11-12-13-14-15-16-17-18-19-24-33-25-26-34-27-28-35-37(31,32)36-29-20-22-30(2,3)23-21-29/h11-12,29H,4-10,13-28H2,1-3H3/b12-11-. The Morgan fingerprint density at radius 1 is 0.730 bits per heavy atom. The van der Waals surface area contributed by atoms with E-state index in [0.29, 0.717) is 13.2 Å². The van der Waals surface area contributed by atoms with Gasteiger partial charge in [-0.05, 0) is 32.1 Å². The molecule has 220 valence electrons. The van der Waals surface area contributed by atoms with Crippen LogP contribution in [-0.2, 0) is 23.1 Å². The Kier molecular flexibility index (Phi) is 21.2. The van der Waals surface area contributed by atoms with Gasteiger partial charge in [-0.1, -0.05) is 76.9 Å². The maximum absolute atomic E-state index is 12.0. The van der Waals surface area contributed by atoms with Crippen molar-refractivity contribution in [3.05, 3.63) is 12.2 Å². The van der Waals surface area contributed by atoms with Gasteiger partial charge in [-0.3, -0.25) is 4.57 Å². The number of phosphoric ester groups is 1. The molecule has 8 heteroatoms. The topological polar surface area (TPSA) is 77.1 Å². The van der Waals surface area contributed by atoms with Crippen LogP contribution in [0.25, 0.3) is 0 Å². The summed E-state index contributed by atoms with van der Waals surface area (Å²) < 4.78 is 34.0. The van der Waals surface area contributed by atoms with Gasteiger partial charge < -0.3 is 27.9 Å². The van der Waals surface area contributed by atoms with Crippen molar-refractivity contribution in [3.8, 4) is 0 Å². The Hall–Kier alpha value is -0.270. The fourth-order valence-electron chi connectivity index (χ4n) is 4.54. The molecule has 7 nitrogen and oxygen atoms in total. The number of piperidine rings is 1. The van der Waals surface area contributed by atoms with Gasteiger partial charge in [-0.25, -0.2) is 0 Å². The van der Waals surface area contributed by atoms with Crippen molar-refractivity contribution in [2.45, 2.75) is 116 Å². The van der Waals surface area contributed by atoms with E-state index in [1.165, 1.54) is 83.5 Å². The zero-order valence-electron chi connectivity index (χ0n) is 24.3. The predicted molar refractivity (Wildman–Crippen MR) is 151 cm³/mol. The summed E-state index contributed by atoms with van der Waals surface area (Å²) in [5.74, 6) is 0. The van der Waals surface area contributed by atoms with Crippen LogP contribution in [0.15, 0.2) is 12.2 Å². The highest BCUT2D eigenvalue weighted by Crippen LogP contribution is 2.41. The molecule has 1 heterocycles. The molecule has 0 spiro atoms. The number of phosphoric acid groups is 1. The lowest BCUT2D eigenvalue weighted by Crippen LogP contribution is -2.48. The minimum Gasteiger partial charge on any atom is -0.756 e. The molecule has 0 aromatic rings. The molecule has 1 aliphatic rings. The molecule has 1 atom stereocenters. The highest BCUT2D eigenvalue weighted by atomic mass is 31.2. The first-order valence-electron chi connectivity index (χ1n) is 15.1. The van der Waals surface area contributed by atoms with Crippen molar-refractivity contribution in [2.24, 2.45) is 0 Å². The summed E-state index contributed by atoms with van der Waals surface area (Å²) in [7, 11) is 0.0140. The lowest BCUT2D eigenvalue weighted by atomic mass is 10.1. The van der Waals surface area contributed by atoms with E-state index in [1.807, 2.05) is 0 Å². The van der Waals surface area contributed by atoms with Crippen LogP contribution in [0.5, 0.6) is 0 Å². The first-order valence-corrected chi connectivity index (χ1v) is 16.6. The minimum absolute atomic E-state index is 0.0238. The molecule has 0 amide bonds. The SMILES string of the molecule is CCCCCCCC/C=C\CCCCCCCCOCCOCCOP(=O)([O-])OC1CC[N+](C)(C)CC1. The van der Waals surface area contributed by atoms with Crippen LogP contribution < -0.4 is 4.89 Å². The van der Waals surface area contributed by atoms with Gasteiger partial charge in [0.1, 0.15) is 0 Å². The van der Waals surface area contributed by atoms with E-state index in [1.54, 1.807) is 0 Å². The Labute approximate surface area is 228 Å². The molecule has 1 aliphatic heterocycles. The lowest BCUT2D eigenvalue weighted by molar-refractivity contribution is -0.896. The van der Waals surface area contributed by atoms with Crippen molar-refractivity contribution < 1.29 is 32.5 Å². The largest absolute Gasteiger partial charge is 0.756 e. The summed E-state index contributed by atoms with van der Waals surface area (Å²) in [6.45, 7) is 5.98. The Bertz CT molecular complexity index is 591. The summed E-state index contributed by atoms with van der Waals surface area (Å²) in [6, 6.07) is 0. The van der Waals surface area contributed by atoms with E-state index >= 15 is 0 Å². The molecular formula is C29H58NO6P. The fraction of sp³-hybridized carbons (Fsp3) is 0.931. The summed E-state index contributed by atoms with van der Waals surface area (Å²) >= 11 is 0. The number of rotatable bonds is 25.